The van der Waals surface area contributed by atoms with Gasteiger partial charge in [0.15, 0.2) is 0 Å². The minimum Gasteiger partial charge on any atom is -0.383 e. The van der Waals surface area contributed by atoms with Crippen LogP contribution in [0.1, 0.15) is 16.1 Å². The fourth-order valence-electron chi connectivity index (χ4n) is 2.55. The average molecular weight is 311 g/mol. The molecule has 120 valence electrons. The van der Waals surface area contributed by atoms with Crippen LogP contribution in [0, 0.1) is 0 Å². The monoisotopic (exact) mass is 311 g/mol. The van der Waals surface area contributed by atoms with Crippen LogP contribution < -0.4 is 5.32 Å². The third-order valence-corrected chi connectivity index (χ3v) is 3.87. The normalized spacial score (nSPS) is 14.5. The first kappa shape index (κ1) is 15.5. The number of carbonyl (C=O) groups excluding carboxylic acids is 1. The molecule has 1 fully saturated rings. The molecule has 2 heterocycles. The molecule has 1 N–H and O–H groups in total. The van der Waals surface area contributed by atoms with Gasteiger partial charge in [-0.3, -0.25) is 4.79 Å². The zero-order valence-electron chi connectivity index (χ0n) is 13.1. The summed E-state index contributed by atoms with van der Waals surface area (Å²) in [6, 6.07) is 14.0. The Balaban J connectivity index is 1.51. The van der Waals surface area contributed by atoms with E-state index in [1.165, 1.54) is 5.56 Å². The highest BCUT2D eigenvalue weighted by Gasteiger charge is 2.19. The van der Waals surface area contributed by atoms with Crippen molar-refractivity contribution in [2.24, 2.45) is 0 Å². The number of rotatable bonds is 5. The fourth-order valence-corrected chi connectivity index (χ4v) is 2.55. The summed E-state index contributed by atoms with van der Waals surface area (Å²) >= 11 is 0. The molecular weight excluding hydrogens is 290 g/mol. The third kappa shape index (κ3) is 4.29. The predicted octanol–water partition coefficient (Wildman–Crippen LogP) is 2.21. The van der Waals surface area contributed by atoms with Gasteiger partial charge in [-0.15, -0.1) is 0 Å². The first-order chi connectivity index (χ1) is 11.3. The van der Waals surface area contributed by atoms with E-state index in [4.69, 9.17) is 4.74 Å². The first-order valence-electron chi connectivity index (χ1n) is 7.94. The second-order valence-electron chi connectivity index (χ2n) is 5.50. The molecule has 1 saturated heterocycles. The summed E-state index contributed by atoms with van der Waals surface area (Å²) in [5.74, 6) is -0.0239. The highest BCUT2D eigenvalue weighted by Crippen LogP contribution is 2.10. The van der Waals surface area contributed by atoms with Crippen LogP contribution in [-0.4, -0.2) is 48.6 Å². The highest BCUT2D eigenvalue weighted by molar-refractivity contribution is 5.92. The van der Waals surface area contributed by atoms with Crippen LogP contribution in [0.5, 0.6) is 0 Å². The number of pyridine rings is 1. The van der Waals surface area contributed by atoms with Crippen molar-refractivity contribution >= 4 is 11.6 Å². The SMILES string of the molecule is O=C(c1ccc(NCCc2ccccc2)cn1)N1CCOCC1. The summed E-state index contributed by atoms with van der Waals surface area (Å²) < 4.78 is 5.26. The molecule has 3 rings (SSSR count). The maximum Gasteiger partial charge on any atom is 0.272 e. The van der Waals surface area contributed by atoms with Crippen LogP contribution in [-0.2, 0) is 11.2 Å². The number of nitrogens with zero attached hydrogens (tertiary/aromatic N) is 2. The molecule has 0 spiro atoms. The molecule has 0 bridgehead atoms. The van der Waals surface area contributed by atoms with E-state index >= 15 is 0 Å². The molecule has 0 unspecified atom stereocenters. The van der Waals surface area contributed by atoms with Gasteiger partial charge in [0.1, 0.15) is 5.69 Å². The smallest absolute Gasteiger partial charge is 0.272 e. The van der Waals surface area contributed by atoms with Gasteiger partial charge in [-0.05, 0) is 24.1 Å². The highest BCUT2D eigenvalue weighted by atomic mass is 16.5. The molecule has 5 heteroatoms. The van der Waals surface area contributed by atoms with Crippen molar-refractivity contribution in [1.82, 2.24) is 9.88 Å². The van der Waals surface area contributed by atoms with Crippen molar-refractivity contribution in [3.8, 4) is 0 Å². The summed E-state index contributed by atoms with van der Waals surface area (Å²) in [5, 5.41) is 3.33. The Labute approximate surface area is 136 Å². The van der Waals surface area contributed by atoms with Crippen LogP contribution in [0.2, 0.25) is 0 Å². The number of amides is 1. The van der Waals surface area contributed by atoms with Gasteiger partial charge in [0.25, 0.3) is 5.91 Å². The number of benzene rings is 1. The maximum absolute atomic E-state index is 12.3. The maximum atomic E-state index is 12.3. The quantitative estimate of drug-likeness (QED) is 0.920. The largest absolute Gasteiger partial charge is 0.383 e. The molecule has 1 aliphatic heterocycles. The number of anilines is 1. The summed E-state index contributed by atoms with van der Waals surface area (Å²) in [5.41, 5.74) is 2.71. The van der Waals surface area contributed by atoms with Gasteiger partial charge in [-0.25, -0.2) is 4.98 Å². The lowest BCUT2D eigenvalue weighted by atomic mass is 10.1. The number of morpholine rings is 1. The van der Waals surface area contributed by atoms with Crippen molar-refractivity contribution in [3.63, 3.8) is 0 Å². The Morgan fingerprint density at radius 2 is 1.91 bits per heavy atom. The van der Waals surface area contributed by atoms with Gasteiger partial charge >= 0.3 is 0 Å². The summed E-state index contributed by atoms with van der Waals surface area (Å²) in [6.07, 6.45) is 2.67. The van der Waals surface area contributed by atoms with Gasteiger partial charge in [-0.1, -0.05) is 30.3 Å². The molecule has 0 atom stereocenters. The topological polar surface area (TPSA) is 54.5 Å². The Hall–Kier alpha value is -2.40. The summed E-state index contributed by atoms with van der Waals surface area (Å²) in [7, 11) is 0. The fraction of sp³-hybridized carbons (Fsp3) is 0.333. The minimum absolute atomic E-state index is 0.0239. The van der Waals surface area contributed by atoms with E-state index in [2.05, 4.69) is 22.4 Å². The van der Waals surface area contributed by atoms with E-state index in [0.29, 0.717) is 32.0 Å². The van der Waals surface area contributed by atoms with E-state index in [-0.39, 0.29) is 5.91 Å². The Kier molecular flexibility index (Phi) is 5.21. The van der Waals surface area contributed by atoms with Gasteiger partial charge in [-0.2, -0.15) is 0 Å². The molecule has 1 amide bonds. The number of nitrogens with one attached hydrogen (secondary N) is 1. The molecule has 1 aromatic heterocycles. The van der Waals surface area contributed by atoms with Gasteiger partial charge in [0.2, 0.25) is 0 Å². The van der Waals surface area contributed by atoms with Crippen molar-refractivity contribution in [3.05, 3.63) is 59.9 Å². The molecule has 0 radical (unpaired) electrons. The van der Waals surface area contributed by atoms with Crippen molar-refractivity contribution in [1.29, 1.82) is 0 Å². The van der Waals surface area contributed by atoms with E-state index in [0.717, 1.165) is 18.7 Å². The summed E-state index contributed by atoms with van der Waals surface area (Å²) in [4.78, 5) is 18.4. The lowest BCUT2D eigenvalue weighted by Gasteiger charge is -2.26. The van der Waals surface area contributed by atoms with Crippen LogP contribution in [0.15, 0.2) is 48.7 Å². The van der Waals surface area contributed by atoms with E-state index < -0.39 is 0 Å². The number of hydrogen-bond donors (Lipinski definition) is 1. The molecule has 5 nitrogen and oxygen atoms in total. The average Bonchev–Trinajstić information content (AvgIpc) is 2.63. The van der Waals surface area contributed by atoms with Crippen molar-refractivity contribution < 1.29 is 9.53 Å². The lowest BCUT2D eigenvalue weighted by molar-refractivity contribution is 0.0299. The number of carbonyl (C=O) groups is 1. The number of hydrogen-bond acceptors (Lipinski definition) is 4. The Bertz CT molecular complexity index is 622. The van der Waals surface area contributed by atoms with E-state index in [1.807, 2.05) is 24.3 Å². The first-order valence-corrected chi connectivity index (χ1v) is 7.94. The van der Waals surface area contributed by atoms with Crippen LogP contribution >= 0.6 is 0 Å². The molecule has 23 heavy (non-hydrogen) atoms. The molecule has 0 aliphatic carbocycles. The van der Waals surface area contributed by atoms with Gasteiger partial charge < -0.3 is 15.0 Å². The predicted molar refractivity (Wildman–Crippen MR) is 89.6 cm³/mol. The molecule has 1 aromatic carbocycles. The second-order valence-corrected chi connectivity index (χ2v) is 5.50. The van der Waals surface area contributed by atoms with E-state index in [9.17, 15) is 4.79 Å². The van der Waals surface area contributed by atoms with Crippen LogP contribution in [0.4, 0.5) is 5.69 Å². The molecular formula is C18H21N3O2. The summed E-state index contributed by atoms with van der Waals surface area (Å²) in [6.45, 7) is 3.31. The molecule has 1 aliphatic rings. The minimum atomic E-state index is -0.0239. The second kappa shape index (κ2) is 7.74. The molecule has 2 aromatic rings. The standard InChI is InChI=1S/C18H21N3O2/c22-18(21-10-12-23-13-11-21)17-7-6-16(14-20-17)19-9-8-15-4-2-1-3-5-15/h1-7,14,19H,8-13H2. The van der Waals surface area contributed by atoms with Crippen LogP contribution in [0.3, 0.4) is 0 Å². The van der Waals surface area contributed by atoms with Crippen molar-refractivity contribution in [2.45, 2.75) is 6.42 Å². The number of ether oxygens (including phenoxy) is 1. The Morgan fingerprint density at radius 1 is 1.13 bits per heavy atom. The van der Waals surface area contributed by atoms with Gasteiger partial charge in [0, 0.05) is 19.6 Å². The number of aromatic nitrogens is 1. The lowest BCUT2D eigenvalue weighted by Crippen LogP contribution is -2.41. The van der Waals surface area contributed by atoms with Crippen molar-refractivity contribution in [2.75, 3.05) is 38.2 Å². The zero-order valence-corrected chi connectivity index (χ0v) is 13.1. The van der Waals surface area contributed by atoms with Crippen LogP contribution in [0.25, 0.3) is 0 Å². The Morgan fingerprint density at radius 3 is 2.61 bits per heavy atom. The van der Waals surface area contributed by atoms with E-state index in [1.54, 1.807) is 17.2 Å². The molecule has 0 saturated carbocycles. The zero-order chi connectivity index (χ0) is 15.9. The van der Waals surface area contributed by atoms with Gasteiger partial charge in [0.05, 0.1) is 25.1 Å². The third-order valence-electron chi connectivity index (χ3n) is 3.87.